The number of hydrogen-bond donors (Lipinski definition) is 2. The molecule has 2 aromatic heterocycles. The number of hydrogen-bond acceptors (Lipinski definition) is 6. The highest BCUT2D eigenvalue weighted by Gasteiger charge is 2.23. The summed E-state index contributed by atoms with van der Waals surface area (Å²) in [5.41, 5.74) is 3.03. The first kappa shape index (κ1) is 21.2. The van der Waals surface area contributed by atoms with Crippen LogP contribution in [0.1, 0.15) is 37.1 Å². The lowest BCUT2D eigenvalue weighted by Crippen LogP contribution is -2.44. The molecule has 1 saturated heterocycles. The quantitative estimate of drug-likeness (QED) is 0.713. The molecule has 29 heavy (non-hydrogen) atoms. The van der Waals surface area contributed by atoms with E-state index >= 15 is 0 Å². The van der Waals surface area contributed by atoms with Gasteiger partial charge in [-0.15, -0.1) is 0 Å². The average Bonchev–Trinajstić information content (AvgIpc) is 2.69. The van der Waals surface area contributed by atoms with Crippen LogP contribution in [0.3, 0.4) is 0 Å². The standard InChI is InChI=1S/C22H31N5O2/c1-16-5-4-6-21(24-16)26-19-7-8-20(23-13-19)18-9-11-27(12-10-18)14-22(28)25-17(2)15-29-3/h4-8,13,17-18H,9-12,14-15H2,1-3H3,(H,24,26)(H,25,28)/t17-/m1/s1. The molecule has 1 atom stereocenters. The fourth-order valence-corrected chi connectivity index (χ4v) is 3.68. The van der Waals surface area contributed by atoms with Gasteiger partial charge in [0, 0.05) is 30.5 Å². The predicted octanol–water partition coefficient (Wildman–Crippen LogP) is 2.86. The molecule has 7 nitrogen and oxygen atoms in total. The third-order valence-electron chi connectivity index (χ3n) is 5.14. The summed E-state index contributed by atoms with van der Waals surface area (Å²) in [6, 6.07) is 10.1. The number of carbonyl (C=O) groups is 1. The number of methoxy groups -OCH3 is 1. The normalized spacial score (nSPS) is 16.4. The van der Waals surface area contributed by atoms with Gasteiger partial charge in [0.15, 0.2) is 0 Å². The smallest absolute Gasteiger partial charge is 0.234 e. The molecule has 2 aromatic rings. The maximum Gasteiger partial charge on any atom is 0.234 e. The number of likely N-dealkylation sites (tertiary alicyclic amines) is 1. The molecular weight excluding hydrogens is 366 g/mol. The van der Waals surface area contributed by atoms with Crippen LogP contribution in [0.5, 0.6) is 0 Å². The van der Waals surface area contributed by atoms with Crippen LogP contribution in [0.4, 0.5) is 11.5 Å². The zero-order valence-electron chi connectivity index (χ0n) is 17.5. The number of anilines is 2. The number of aryl methyl sites for hydroxylation is 1. The highest BCUT2D eigenvalue weighted by Crippen LogP contribution is 2.27. The largest absolute Gasteiger partial charge is 0.383 e. The van der Waals surface area contributed by atoms with Crippen molar-refractivity contribution < 1.29 is 9.53 Å². The molecule has 3 rings (SSSR count). The number of amides is 1. The highest BCUT2D eigenvalue weighted by atomic mass is 16.5. The number of aromatic nitrogens is 2. The Morgan fingerprint density at radius 3 is 2.72 bits per heavy atom. The van der Waals surface area contributed by atoms with Crippen molar-refractivity contribution >= 4 is 17.4 Å². The lowest BCUT2D eigenvalue weighted by molar-refractivity contribution is -0.123. The van der Waals surface area contributed by atoms with Crippen molar-refractivity contribution in [2.75, 3.05) is 38.7 Å². The summed E-state index contributed by atoms with van der Waals surface area (Å²) in [7, 11) is 1.64. The van der Waals surface area contributed by atoms with Gasteiger partial charge in [-0.3, -0.25) is 14.7 Å². The second-order valence-electron chi connectivity index (χ2n) is 7.74. The lowest BCUT2D eigenvalue weighted by Gasteiger charge is -2.31. The van der Waals surface area contributed by atoms with Crippen LogP contribution in [-0.4, -0.2) is 60.2 Å². The molecule has 156 valence electrons. The maximum absolute atomic E-state index is 12.1. The topological polar surface area (TPSA) is 79.4 Å². The summed E-state index contributed by atoms with van der Waals surface area (Å²) in [6.07, 6.45) is 3.90. The summed E-state index contributed by atoms with van der Waals surface area (Å²) in [5, 5.41) is 6.26. The minimum absolute atomic E-state index is 0.0383. The number of nitrogens with one attached hydrogen (secondary N) is 2. The molecule has 1 amide bonds. The number of nitrogens with zero attached hydrogens (tertiary/aromatic N) is 3. The maximum atomic E-state index is 12.1. The fourth-order valence-electron chi connectivity index (χ4n) is 3.68. The Morgan fingerprint density at radius 1 is 1.28 bits per heavy atom. The molecule has 0 unspecified atom stereocenters. The van der Waals surface area contributed by atoms with Crippen molar-refractivity contribution in [2.24, 2.45) is 0 Å². The summed E-state index contributed by atoms with van der Waals surface area (Å²) in [6.45, 7) is 6.72. The Bertz CT molecular complexity index is 788. The molecule has 7 heteroatoms. The summed E-state index contributed by atoms with van der Waals surface area (Å²) in [5.74, 6) is 1.32. The van der Waals surface area contributed by atoms with Crippen molar-refractivity contribution in [2.45, 2.75) is 38.6 Å². The van der Waals surface area contributed by atoms with Crippen LogP contribution in [0, 0.1) is 6.92 Å². The van der Waals surface area contributed by atoms with Crippen molar-refractivity contribution in [3.8, 4) is 0 Å². The van der Waals surface area contributed by atoms with Gasteiger partial charge in [-0.25, -0.2) is 4.98 Å². The van der Waals surface area contributed by atoms with Gasteiger partial charge in [-0.2, -0.15) is 0 Å². The van der Waals surface area contributed by atoms with Gasteiger partial charge < -0.3 is 15.4 Å². The van der Waals surface area contributed by atoms with E-state index in [0.717, 1.165) is 48.8 Å². The lowest BCUT2D eigenvalue weighted by atomic mass is 9.93. The molecule has 0 saturated carbocycles. The van der Waals surface area contributed by atoms with Crippen molar-refractivity contribution in [3.63, 3.8) is 0 Å². The van der Waals surface area contributed by atoms with E-state index in [4.69, 9.17) is 4.74 Å². The van der Waals surface area contributed by atoms with E-state index in [9.17, 15) is 4.79 Å². The number of rotatable bonds is 8. The molecule has 0 bridgehead atoms. The number of pyridine rings is 2. The molecule has 0 spiro atoms. The van der Waals surface area contributed by atoms with Crippen LogP contribution in [0.2, 0.25) is 0 Å². The summed E-state index contributed by atoms with van der Waals surface area (Å²) >= 11 is 0. The van der Waals surface area contributed by atoms with Gasteiger partial charge in [0.05, 0.1) is 25.0 Å². The van der Waals surface area contributed by atoms with E-state index in [-0.39, 0.29) is 11.9 Å². The Kier molecular flexibility index (Phi) is 7.55. The van der Waals surface area contributed by atoms with Crippen LogP contribution in [0.25, 0.3) is 0 Å². The van der Waals surface area contributed by atoms with Crippen LogP contribution in [-0.2, 0) is 9.53 Å². The Labute approximate surface area is 172 Å². The molecule has 3 heterocycles. The van der Waals surface area contributed by atoms with E-state index < -0.39 is 0 Å². The zero-order valence-corrected chi connectivity index (χ0v) is 17.5. The number of piperidine rings is 1. The van der Waals surface area contributed by atoms with E-state index in [0.29, 0.717) is 19.1 Å². The van der Waals surface area contributed by atoms with Crippen molar-refractivity contribution in [1.29, 1.82) is 0 Å². The van der Waals surface area contributed by atoms with E-state index in [1.807, 2.05) is 38.2 Å². The summed E-state index contributed by atoms with van der Waals surface area (Å²) in [4.78, 5) is 23.5. The van der Waals surface area contributed by atoms with Gasteiger partial charge in [-0.05, 0) is 64.0 Å². The first-order chi connectivity index (χ1) is 14.0. The summed E-state index contributed by atoms with van der Waals surface area (Å²) < 4.78 is 5.06. The first-order valence-electron chi connectivity index (χ1n) is 10.2. The fraction of sp³-hybridized carbons (Fsp3) is 0.500. The Morgan fingerprint density at radius 2 is 2.07 bits per heavy atom. The number of carbonyl (C=O) groups excluding carboxylic acids is 1. The van der Waals surface area contributed by atoms with Gasteiger partial charge in [0.25, 0.3) is 0 Å². The highest BCUT2D eigenvalue weighted by molar-refractivity contribution is 5.78. The van der Waals surface area contributed by atoms with E-state index in [1.165, 1.54) is 0 Å². The minimum Gasteiger partial charge on any atom is -0.383 e. The number of ether oxygens (including phenoxy) is 1. The predicted molar refractivity (Wildman–Crippen MR) is 114 cm³/mol. The van der Waals surface area contributed by atoms with Crippen molar-refractivity contribution in [1.82, 2.24) is 20.2 Å². The van der Waals surface area contributed by atoms with E-state index in [1.54, 1.807) is 7.11 Å². The van der Waals surface area contributed by atoms with Gasteiger partial charge >= 0.3 is 0 Å². The average molecular weight is 398 g/mol. The molecule has 2 N–H and O–H groups in total. The molecule has 1 aliphatic heterocycles. The van der Waals surface area contributed by atoms with Gasteiger partial charge in [0.2, 0.25) is 5.91 Å². The molecule has 0 radical (unpaired) electrons. The van der Waals surface area contributed by atoms with Crippen LogP contribution in [0.15, 0.2) is 36.5 Å². The second kappa shape index (κ2) is 10.3. The molecule has 0 aliphatic carbocycles. The molecular formula is C22H31N5O2. The minimum atomic E-state index is 0.0383. The SMILES string of the molecule is COC[C@@H](C)NC(=O)CN1CCC(c2ccc(Nc3cccc(C)n3)cn2)CC1. The van der Waals surface area contributed by atoms with Crippen LogP contribution >= 0.6 is 0 Å². The first-order valence-corrected chi connectivity index (χ1v) is 10.2. The van der Waals surface area contributed by atoms with Gasteiger partial charge in [0.1, 0.15) is 5.82 Å². The third-order valence-corrected chi connectivity index (χ3v) is 5.14. The van der Waals surface area contributed by atoms with Crippen molar-refractivity contribution in [3.05, 3.63) is 47.9 Å². The second-order valence-corrected chi connectivity index (χ2v) is 7.74. The third kappa shape index (κ3) is 6.51. The Balaban J connectivity index is 1.46. The monoisotopic (exact) mass is 397 g/mol. The molecule has 0 aromatic carbocycles. The molecule has 1 aliphatic rings. The zero-order chi connectivity index (χ0) is 20.6. The van der Waals surface area contributed by atoms with E-state index in [2.05, 4.69) is 37.6 Å². The van der Waals surface area contributed by atoms with Crippen LogP contribution < -0.4 is 10.6 Å². The molecule has 1 fully saturated rings. The Hall–Kier alpha value is -2.51. The van der Waals surface area contributed by atoms with Gasteiger partial charge in [-0.1, -0.05) is 6.07 Å².